The van der Waals surface area contributed by atoms with E-state index in [1.54, 1.807) is 7.11 Å². The Bertz CT molecular complexity index is 537. The van der Waals surface area contributed by atoms with Gasteiger partial charge in [-0.3, -0.25) is 4.79 Å². The fourth-order valence-electron chi connectivity index (χ4n) is 1.96. The van der Waals surface area contributed by atoms with Crippen LogP contribution >= 0.6 is 24.0 Å². The van der Waals surface area contributed by atoms with Crippen LogP contribution in [0, 0.1) is 5.92 Å². The molecular weight excluding hydrogens is 419 g/mol. The molecular formula is C17H29IN4O2. The molecule has 2 atom stereocenters. The molecule has 0 heterocycles. The topological polar surface area (TPSA) is 88.7 Å². The number of aliphatic imine (C=N–C) groups is 1. The van der Waals surface area contributed by atoms with Gasteiger partial charge in [-0.2, -0.15) is 0 Å². The number of benzene rings is 1. The number of ether oxygens (including phenoxy) is 1. The van der Waals surface area contributed by atoms with Crippen LogP contribution in [-0.4, -0.2) is 31.6 Å². The van der Waals surface area contributed by atoms with Crippen molar-refractivity contribution in [2.75, 3.05) is 19.0 Å². The van der Waals surface area contributed by atoms with Crippen LogP contribution in [-0.2, 0) is 16.1 Å². The highest BCUT2D eigenvalue weighted by atomic mass is 127. The quantitative estimate of drug-likeness (QED) is 0.324. The molecule has 24 heavy (non-hydrogen) atoms. The predicted octanol–water partition coefficient (Wildman–Crippen LogP) is 2.73. The summed E-state index contributed by atoms with van der Waals surface area (Å²) in [5, 5.41) is 5.97. The number of rotatable bonds is 8. The number of nitrogens with one attached hydrogen (secondary N) is 2. The average Bonchev–Trinajstić information content (AvgIpc) is 2.52. The Morgan fingerprint density at radius 2 is 2.08 bits per heavy atom. The van der Waals surface area contributed by atoms with Crippen molar-refractivity contribution in [2.24, 2.45) is 16.6 Å². The Hall–Kier alpha value is -1.35. The second kappa shape index (κ2) is 12.1. The van der Waals surface area contributed by atoms with E-state index in [-0.39, 0.29) is 41.8 Å². The van der Waals surface area contributed by atoms with Crippen molar-refractivity contribution in [1.82, 2.24) is 5.32 Å². The van der Waals surface area contributed by atoms with Gasteiger partial charge in [0.25, 0.3) is 0 Å². The van der Waals surface area contributed by atoms with Crippen LogP contribution in [0.1, 0.15) is 32.8 Å². The average molecular weight is 448 g/mol. The fourth-order valence-corrected chi connectivity index (χ4v) is 1.96. The Kier molecular flexibility index (Phi) is 11.4. The summed E-state index contributed by atoms with van der Waals surface area (Å²) in [5.41, 5.74) is 7.61. The zero-order valence-corrected chi connectivity index (χ0v) is 17.2. The maximum Gasteiger partial charge on any atom is 0.227 e. The maximum absolute atomic E-state index is 11.9. The number of hydrogen-bond donors (Lipinski definition) is 3. The molecule has 1 amide bonds. The van der Waals surface area contributed by atoms with Gasteiger partial charge in [0.15, 0.2) is 5.96 Å². The summed E-state index contributed by atoms with van der Waals surface area (Å²) in [6.07, 6.45) is 0.817. The second-order valence-corrected chi connectivity index (χ2v) is 5.70. The van der Waals surface area contributed by atoms with E-state index >= 15 is 0 Å². The summed E-state index contributed by atoms with van der Waals surface area (Å²) >= 11 is 0. The molecule has 0 aromatic heterocycles. The highest BCUT2D eigenvalue weighted by Crippen LogP contribution is 2.13. The van der Waals surface area contributed by atoms with Gasteiger partial charge in [-0.25, -0.2) is 4.99 Å². The third-order valence-corrected chi connectivity index (χ3v) is 3.50. The van der Waals surface area contributed by atoms with E-state index in [0.717, 1.165) is 17.7 Å². The van der Waals surface area contributed by atoms with Gasteiger partial charge in [0.1, 0.15) is 0 Å². The molecule has 0 spiro atoms. The van der Waals surface area contributed by atoms with Gasteiger partial charge in [0.2, 0.25) is 5.91 Å². The standard InChI is InChI=1S/C17H28N4O2.HI/c1-5-12(2)16(22)21-15-8-6-7-14(9-15)10-19-17(18)20-13(3)11-23-4;/h6-9,12-13H,5,10-11H2,1-4H3,(H,21,22)(H3,18,19,20);1H. The summed E-state index contributed by atoms with van der Waals surface area (Å²) in [4.78, 5) is 16.2. The van der Waals surface area contributed by atoms with Gasteiger partial charge in [0, 0.05) is 24.8 Å². The van der Waals surface area contributed by atoms with Gasteiger partial charge < -0.3 is 21.1 Å². The first-order valence-corrected chi connectivity index (χ1v) is 7.91. The van der Waals surface area contributed by atoms with Crippen molar-refractivity contribution in [3.05, 3.63) is 29.8 Å². The van der Waals surface area contributed by atoms with E-state index in [2.05, 4.69) is 15.6 Å². The fraction of sp³-hybridized carbons (Fsp3) is 0.529. The first-order chi connectivity index (χ1) is 11.0. The number of anilines is 1. The lowest BCUT2D eigenvalue weighted by Gasteiger charge is -2.13. The van der Waals surface area contributed by atoms with E-state index in [9.17, 15) is 4.79 Å². The smallest absolute Gasteiger partial charge is 0.227 e. The van der Waals surface area contributed by atoms with Crippen LogP contribution < -0.4 is 16.4 Å². The van der Waals surface area contributed by atoms with E-state index in [1.807, 2.05) is 45.0 Å². The van der Waals surface area contributed by atoms with E-state index in [1.165, 1.54) is 0 Å². The Morgan fingerprint density at radius 1 is 1.38 bits per heavy atom. The highest BCUT2D eigenvalue weighted by Gasteiger charge is 2.10. The lowest BCUT2D eigenvalue weighted by molar-refractivity contribution is -0.119. The molecule has 0 radical (unpaired) electrons. The minimum Gasteiger partial charge on any atom is -0.383 e. The Labute approximate surface area is 161 Å². The molecule has 4 N–H and O–H groups in total. The minimum atomic E-state index is -0.00112. The molecule has 136 valence electrons. The molecule has 0 aliphatic carbocycles. The number of carbonyl (C=O) groups is 1. The summed E-state index contributed by atoms with van der Waals surface area (Å²) in [6.45, 7) is 6.89. The summed E-state index contributed by atoms with van der Waals surface area (Å²) in [5.74, 6) is 0.408. The van der Waals surface area contributed by atoms with Gasteiger partial charge in [-0.05, 0) is 31.0 Å². The van der Waals surface area contributed by atoms with E-state index in [4.69, 9.17) is 10.5 Å². The zero-order chi connectivity index (χ0) is 17.2. The lowest BCUT2D eigenvalue weighted by Crippen LogP contribution is -2.40. The number of amides is 1. The third-order valence-electron chi connectivity index (χ3n) is 3.50. The number of halogens is 1. The maximum atomic E-state index is 11.9. The second-order valence-electron chi connectivity index (χ2n) is 5.70. The number of nitrogens with two attached hydrogens (primary N) is 1. The summed E-state index contributed by atoms with van der Waals surface area (Å²) in [7, 11) is 1.64. The van der Waals surface area contributed by atoms with Crippen LogP contribution in [0.4, 0.5) is 5.69 Å². The molecule has 2 unspecified atom stereocenters. The van der Waals surface area contributed by atoms with E-state index < -0.39 is 0 Å². The van der Waals surface area contributed by atoms with Crippen LogP contribution in [0.2, 0.25) is 0 Å². The van der Waals surface area contributed by atoms with E-state index in [0.29, 0.717) is 19.1 Å². The number of methoxy groups -OCH3 is 1. The number of guanidine groups is 1. The summed E-state index contributed by atoms with van der Waals surface area (Å²) in [6, 6.07) is 7.73. The van der Waals surface area contributed by atoms with Crippen LogP contribution in [0.5, 0.6) is 0 Å². The molecule has 0 saturated heterocycles. The first-order valence-electron chi connectivity index (χ1n) is 7.91. The van der Waals surface area contributed by atoms with Crippen LogP contribution in [0.15, 0.2) is 29.3 Å². The Balaban J connectivity index is 0.00000529. The predicted molar refractivity (Wildman–Crippen MR) is 110 cm³/mol. The molecule has 1 rings (SSSR count). The van der Waals surface area contributed by atoms with Crippen molar-refractivity contribution in [2.45, 2.75) is 39.8 Å². The van der Waals surface area contributed by atoms with Gasteiger partial charge in [-0.15, -0.1) is 24.0 Å². The molecule has 7 heteroatoms. The van der Waals surface area contributed by atoms with Crippen molar-refractivity contribution in [3.63, 3.8) is 0 Å². The van der Waals surface area contributed by atoms with Gasteiger partial charge in [-0.1, -0.05) is 26.0 Å². The number of hydrogen-bond acceptors (Lipinski definition) is 3. The molecule has 6 nitrogen and oxygen atoms in total. The lowest BCUT2D eigenvalue weighted by atomic mass is 10.1. The zero-order valence-electron chi connectivity index (χ0n) is 14.8. The minimum absolute atomic E-state index is 0. The molecule has 1 aromatic carbocycles. The molecule has 0 bridgehead atoms. The first kappa shape index (κ1) is 22.6. The Morgan fingerprint density at radius 3 is 2.71 bits per heavy atom. The van der Waals surface area contributed by atoms with Gasteiger partial charge in [0.05, 0.1) is 13.2 Å². The summed E-state index contributed by atoms with van der Waals surface area (Å²) < 4.78 is 5.04. The highest BCUT2D eigenvalue weighted by molar-refractivity contribution is 14.0. The largest absolute Gasteiger partial charge is 0.383 e. The van der Waals surface area contributed by atoms with Crippen molar-refractivity contribution >= 4 is 41.5 Å². The van der Waals surface area contributed by atoms with Gasteiger partial charge >= 0.3 is 0 Å². The van der Waals surface area contributed by atoms with Crippen molar-refractivity contribution in [3.8, 4) is 0 Å². The number of nitrogens with zero attached hydrogens (tertiary/aromatic N) is 1. The van der Waals surface area contributed by atoms with Crippen LogP contribution in [0.25, 0.3) is 0 Å². The van der Waals surface area contributed by atoms with Crippen molar-refractivity contribution in [1.29, 1.82) is 0 Å². The monoisotopic (exact) mass is 448 g/mol. The molecule has 0 aliphatic heterocycles. The number of carbonyl (C=O) groups excluding carboxylic acids is 1. The molecule has 1 aromatic rings. The normalized spacial score (nSPS) is 13.6. The van der Waals surface area contributed by atoms with Crippen molar-refractivity contribution < 1.29 is 9.53 Å². The molecule has 0 saturated carbocycles. The third kappa shape index (κ3) is 8.49. The molecule has 0 fully saturated rings. The molecule has 0 aliphatic rings. The van der Waals surface area contributed by atoms with Crippen LogP contribution in [0.3, 0.4) is 0 Å². The SMILES string of the molecule is CCC(C)C(=O)Nc1cccc(CN=C(N)NC(C)COC)c1.I.